The number of aryl methyl sites for hydroxylation is 2. The molecule has 0 bridgehead atoms. The topological polar surface area (TPSA) is 70.1 Å². The lowest BCUT2D eigenvalue weighted by atomic mass is 10.3. The third-order valence-electron chi connectivity index (χ3n) is 2.92. The molecule has 0 aromatic carbocycles. The van der Waals surface area contributed by atoms with Gasteiger partial charge in [-0.1, -0.05) is 12.8 Å². The fourth-order valence-corrected chi connectivity index (χ4v) is 1.71. The van der Waals surface area contributed by atoms with Gasteiger partial charge in [-0.25, -0.2) is 4.79 Å². The highest BCUT2D eigenvalue weighted by Crippen LogP contribution is 2.32. The summed E-state index contributed by atoms with van der Waals surface area (Å²) in [4.78, 5) is 11.7. The molecule has 1 aromatic rings. The van der Waals surface area contributed by atoms with Crippen LogP contribution in [0.2, 0.25) is 0 Å². The van der Waals surface area contributed by atoms with Crippen LogP contribution >= 0.6 is 0 Å². The zero-order valence-electron chi connectivity index (χ0n) is 9.69. The van der Waals surface area contributed by atoms with Crippen molar-refractivity contribution in [2.45, 2.75) is 26.2 Å². The number of esters is 1. The van der Waals surface area contributed by atoms with Crippen LogP contribution in [-0.4, -0.2) is 22.4 Å². The lowest BCUT2D eigenvalue weighted by molar-refractivity contribution is 0.0483. The van der Waals surface area contributed by atoms with Crippen molar-refractivity contribution < 1.29 is 9.53 Å². The largest absolute Gasteiger partial charge is 0.461 e. The maximum atomic E-state index is 11.7. The molecule has 0 aliphatic heterocycles. The SMILES string of the molecule is Cc1nn(C)c(C(=O)OCCC2CC2)c1N. The van der Waals surface area contributed by atoms with Crippen molar-refractivity contribution in [3.8, 4) is 0 Å². The average molecular weight is 223 g/mol. The first kappa shape index (κ1) is 11.0. The van der Waals surface area contributed by atoms with E-state index in [1.807, 2.05) is 0 Å². The van der Waals surface area contributed by atoms with E-state index in [0.29, 0.717) is 23.7 Å². The van der Waals surface area contributed by atoms with Crippen LogP contribution in [0.3, 0.4) is 0 Å². The van der Waals surface area contributed by atoms with Gasteiger partial charge in [-0.15, -0.1) is 0 Å². The summed E-state index contributed by atoms with van der Waals surface area (Å²) in [5, 5.41) is 4.08. The van der Waals surface area contributed by atoms with Crippen molar-refractivity contribution in [1.82, 2.24) is 9.78 Å². The Morgan fingerprint density at radius 3 is 2.81 bits per heavy atom. The molecule has 1 saturated carbocycles. The number of aromatic nitrogens is 2. The Kier molecular flexibility index (Phi) is 2.85. The molecule has 1 heterocycles. The molecule has 2 N–H and O–H groups in total. The van der Waals surface area contributed by atoms with E-state index in [-0.39, 0.29) is 5.97 Å². The summed E-state index contributed by atoms with van der Waals surface area (Å²) in [6, 6.07) is 0. The minimum Gasteiger partial charge on any atom is -0.461 e. The molecule has 1 aliphatic carbocycles. The molecular formula is C11H17N3O2. The molecule has 0 atom stereocenters. The van der Waals surface area contributed by atoms with E-state index < -0.39 is 0 Å². The summed E-state index contributed by atoms with van der Waals surface area (Å²) in [5.74, 6) is 0.389. The number of carbonyl (C=O) groups is 1. The molecular weight excluding hydrogens is 206 g/mol. The molecule has 0 spiro atoms. The third kappa shape index (κ3) is 2.18. The third-order valence-corrected chi connectivity index (χ3v) is 2.92. The molecule has 88 valence electrons. The Labute approximate surface area is 94.6 Å². The smallest absolute Gasteiger partial charge is 0.358 e. The first-order chi connectivity index (χ1) is 7.59. The average Bonchev–Trinajstić information content (AvgIpc) is 2.97. The maximum Gasteiger partial charge on any atom is 0.358 e. The van der Waals surface area contributed by atoms with Gasteiger partial charge in [0.05, 0.1) is 18.0 Å². The van der Waals surface area contributed by atoms with E-state index >= 15 is 0 Å². The van der Waals surface area contributed by atoms with Gasteiger partial charge >= 0.3 is 5.97 Å². The molecule has 0 unspecified atom stereocenters. The monoisotopic (exact) mass is 223 g/mol. The van der Waals surface area contributed by atoms with Crippen LogP contribution in [0.25, 0.3) is 0 Å². The second-order valence-corrected chi connectivity index (χ2v) is 4.34. The molecule has 1 fully saturated rings. The van der Waals surface area contributed by atoms with Gasteiger partial charge in [-0.3, -0.25) is 4.68 Å². The molecule has 1 aromatic heterocycles. The number of hydrogen-bond donors (Lipinski definition) is 1. The fraction of sp³-hybridized carbons (Fsp3) is 0.636. The Bertz CT molecular complexity index is 408. The summed E-state index contributed by atoms with van der Waals surface area (Å²) in [7, 11) is 1.70. The van der Waals surface area contributed by atoms with Gasteiger partial charge in [0.25, 0.3) is 0 Å². The van der Waals surface area contributed by atoms with Crippen molar-refractivity contribution in [3.63, 3.8) is 0 Å². The van der Waals surface area contributed by atoms with Gasteiger partial charge in [-0.2, -0.15) is 5.10 Å². The first-order valence-corrected chi connectivity index (χ1v) is 5.55. The van der Waals surface area contributed by atoms with E-state index in [9.17, 15) is 4.79 Å². The molecule has 5 heteroatoms. The van der Waals surface area contributed by atoms with Gasteiger partial charge in [-0.05, 0) is 19.3 Å². The number of hydrogen-bond acceptors (Lipinski definition) is 4. The van der Waals surface area contributed by atoms with E-state index in [0.717, 1.165) is 12.3 Å². The van der Waals surface area contributed by atoms with E-state index in [1.165, 1.54) is 17.5 Å². The highest BCUT2D eigenvalue weighted by molar-refractivity contribution is 5.93. The Morgan fingerprint density at radius 2 is 2.31 bits per heavy atom. The summed E-state index contributed by atoms with van der Waals surface area (Å²) < 4.78 is 6.65. The molecule has 2 rings (SSSR count). The molecule has 1 aliphatic rings. The lowest BCUT2D eigenvalue weighted by Gasteiger charge is -2.04. The number of carbonyl (C=O) groups excluding carboxylic acids is 1. The number of nitrogens with zero attached hydrogens (tertiary/aromatic N) is 2. The fourth-order valence-electron chi connectivity index (χ4n) is 1.71. The van der Waals surface area contributed by atoms with Gasteiger partial charge in [0, 0.05) is 7.05 Å². The molecule has 0 radical (unpaired) electrons. The van der Waals surface area contributed by atoms with Crippen LogP contribution in [0.15, 0.2) is 0 Å². The van der Waals surface area contributed by atoms with Crippen LogP contribution in [0.1, 0.15) is 35.4 Å². The van der Waals surface area contributed by atoms with Crippen molar-refractivity contribution in [2.75, 3.05) is 12.3 Å². The summed E-state index contributed by atoms with van der Waals surface area (Å²) >= 11 is 0. The van der Waals surface area contributed by atoms with Crippen LogP contribution in [0, 0.1) is 12.8 Å². The number of nitrogen functional groups attached to an aromatic ring is 1. The second kappa shape index (κ2) is 4.15. The van der Waals surface area contributed by atoms with Gasteiger partial charge < -0.3 is 10.5 Å². The van der Waals surface area contributed by atoms with Crippen molar-refractivity contribution in [1.29, 1.82) is 0 Å². The minimum atomic E-state index is -0.374. The predicted octanol–water partition coefficient (Wildman–Crippen LogP) is 1.27. The van der Waals surface area contributed by atoms with Crippen molar-refractivity contribution in [2.24, 2.45) is 13.0 Å². The molecule has 0 amide bonds. The zero-order valence-corrected chi connectivity index (χ0v) is 9.69. The Hall–Kier alpha value is -1.52. The van der Waals surface area contributed by atoms with E-state index in [1.54, 1.807) is 14.0 Å². The van der Waals surface area contributed by atoms with Gasteiger partial charge in [0.1, 0.15) is 0 Å². The van der Waals surface area contributed by atoms with E-state index in [4.69, 9.17) is 10.5 Å². The standard InChI is InChI=1S/C11H17N3O2/c1-7-9(12)10(14(2)13-7)11(15)16-6-5-8-3-4-8/h8H,3-6,12H2,1-2H3. The maximum absolute atomic E-state index is 11.7. The van der Waals surface area contributed by atoms with Gasteiger partial charge in [0.2, 0.25) is 0 Å². The van der Waals surface area contributed by atoms with Crippen LogP contribution < -0.4 is 5.73 Å². The second-order valence-electron chi connectivity index (χ2n) is 4.34. The molecule has 0 saturated heterocycles. The molecule has 5 nitrogen and oxygen atoms in total. The van der Waals surface area contributed by atoms with Crippen LogP contribution in [-0.2, 0) is 11.8 Å². The van der Waals surface area contributed by atoms with E-state index in [2.05, 4.69) is 5.10 Å². The first-order valence-electron chi connectivity index (χ1n) is 5.55. The van der Waals surface area contributed by atoms with Crippen LogP contribution in [0.5, 0.6) is 0 Å². The normalized spacial score (nSPS) is 15.1. The van der Waals surface area contributed by atoms with Gasteiger partial charge in [0.15, 0.2) is 5.69 Å². The molecule has 16 heavy (non-hydrogen) atoms. The zero-order chi connectivity index (χ0) is 11.7. The van der Waals surface area contributed by atoms with Crippen LogP contribution in [0.4, 0.5) is 5.69 Å². The highest BCUT2D eigenvalue weighted by atomic mass is 16.5. The lowest BCUT2D eigenvalue weighted by Crippen LogP contribution is -2.13. The predicted molar refractivity (Wildman–Crippen MR) is 60.0 cm³/mol. The Morgan fingerprint density at radius 1 is 1.62 bits per heavy atom. The minimum absolute atomic E-state index is 0.355. The summed E-state index contributed by atoms with van der Waals surface area (Å²) in [6.45, 7) is 2.25. The number of rotatable bonds is 4. The van der Waals surface area contributed by atoms with Crippen molar-refractivity contribution >= 4 is 11.7 Å². The van der Waals surface area contributed by atoms with Crippen molar-refractivity contribution in [3.05, 3.63) is 11.4 Å². The highest BCUT2D eigenvalue weighted by Gasteiger charge is 2.23. The number of ether oxygens (including phenoxy) is 1. The quantitative estimate of drug-likeness (QED) is 0.780. The summed E-state index contributed by atoms with van der Waals surface area (Å²) in [5.41, 5.74) is 7.20. The number of nitrogens with two attached hydrogens (primary N) is 1. The number of anilines is 1. The summed E-state index contributed by atoms with van der Waals surface area (Å²) in [6.07, 6.45) is 3.50. The Balaban J connectivity index is 1.96.